The molecular weight excluding hydrogens is 278 g/mol. The van der Waals surface area contributed by atoms with Gasteiger partial charge in [0, 0.05) is 24.1 Å². The average Bonchev–Trinajstić information content (AvgIpc) is 2.52. The van der Waals surface area contributed by atoms with Crippen LogP contribution in [0.15, 0.2) is 36.4 Å². The summed E-state index contributed by atoms with van der Waals surface area (Å²) in [6.45, 7) is 2.06. The van der Waals surface area contributed by atoms with Gasteiger partial charge < -0.3 is 14.8 Å². The molecule has 0 bridgehead atoms. The van der Waals surface area contributed by atoms with Crippen LogP contribution in [-0.4, -0.2) is 20.1 Å². The molecule has 0 radical (unpaired) electrons. The number of carbonyl (C=O) groups excluding carboxylic acids is 1. The number of nitrogens with one attached hydrogen (secondary N) is 1. The molecule has 1 N–H and O–H groups in total. The zero-order valence-electron chi connectivity index (χ0n) is 13.0. The highest BCUT2D eigenvalue weighted by Crippen LogP contribution is 2.43. The first-order valence-electron chi connectivity index (χ1n) is 7.24. The molecule has 4 heteroatoms. The van der Waals surface area contributed by atoms with Crippen LogP contribution in [0.5, 0.6) is 11.5 Å². The zero-order valence-corrected chi connectivity index (χ0v) is 13.0. The van der Waals surface area contributed by atoms with E-state index >= 15 is 0 Å². The highest BCUT2D eigenvalue weighted by Gasteiger charge is 2.28. The van der Waals surface area contributed by atoms with Gasteiger partial charge >= 0.3 is 0 Å². The Morgan fingerprint density at radius 2 is 1.82 bits per heavy atom. The molecule has 0 saturated heterocycles. The second kappa shape index (κ2) is 5.72. The standard InChI is InChI=1S/C18H19NO3/c1-11-5-4-6-12(7-11)13-9-18(20)19-15-10-17(22-3)16(21-2)8-14(13)15/h4-8,10,13H,9H2,1-3H3,(H,19,20)/t13-/m1/s1. The van der Waals surface area contributed by atoms with Crippen LogP contribution in [0.4, 0.5) is 5.69 Å². The first-order valence-corrected chi connectivity index (χ1v) is 7.24. The van der Waals surface area contributed by atoms with Crippen LogP contribution < -0.4 is 14.8 Å². The van der Waals surface area contributed by atoms with Crippen molar-refractivity contribution in [2.75, 3.05) is 19.5 Å². The Morgan fingerprint density at radius 1 is 1.09 bits per heavy atom. The van der Waals surface area contributed by atoms with Crippen molar-refractivity contribution in [2.24, 2.45) is 0 Å². The Morgan fingerprint density at radius 3 is 2.50 bits per heavy atom. The number of benzene rings is 2. The van der Waals surface area contributed by atoms with Gasteiger partial charge in [-0.3, -0.25) is 4.79 Å². The van der Waals surface area contributed by atoms with Crippen molar-refractivity contribution >= 4 is 11.6 Å². The number of carbonyl (C=O) groups is 1. The maximum Gasteiger partial charge on any atom is 0.225 e. The topological polar surface area (TPSA) is 47.6 Å². The van der Waals surface area contributed by atoms with Crippen LogP contribution >= 0.6 is 0 Å². The number of methoxy groups -OCH3 is 2. The molecule has 1 heterocycles. The summed E-state index contributed by atoms with van der Waals surface area (Å²) in [7, 11) is 3.21. The van der Waals surface area contributed by atoms with Crippen LogP contribution in [0.25, 0.3) is 0 Å². The van der Waals surface area contributed by atoms with Crippen molar-refractivity contribution < 1.29 is 14.3 Å². The lowest BCUT2D eigenvalue weighted by molar-refractivity contribution is -0.116. The van der Waals surface area contributed by atoms with E-state index in [9.17, 15) is 4.79 Å². The Balaban J connectivity index is 2.14. The summed E-state index contributed by atoms with van der Waals surface area (Å²) in [5.74, 6) is 1.34. The fraction of sp³-hybridized carbons (Fsp3) is 0.278. The number of amides is 1. The lowest BCUT2D eigenvalue weighted by Crippen LogP contribution is -2.23. The molecule has 0 saturated carbocycles. The van der Waals surface area contributed by atoms with E-state index in [1.165, 1.54) is 5.56 Å². The number of aryl methyl sites for hydroxylation is 1. The number of rotatable bonds is 3. The molecule has 2 aromatic rings. The molecule has 0 fully saturated rings. The minimum Gasteiger partial charge on any atom is -0.493 e. The molecule has 1 aliphatic rings. The quantitative estimate of drug-likeness (QED) is 0.943. The van der Waals surface area contributed by atoms with Crippen molar-refractivity contribution in [2.45, 2.75) is 19.3 Å². The number of ether oxygens (including phenoxy) is 2. The summed E-state index contributed by atoms with van der Waals surface area (Å²) in [4.78, 5) is 12.1. The first-order chi connectivity index (χ1) is 10.6. The van der Waals surface area contributed by atoms with Crippen LogP contribution in [0.2, 0.25) is 0 Å². The maximum absolute atomic E-state index is 12.1. The minimum atomic E-state index is 0.0197. The predicted octanol–water partition coefficient (Wildman–Crippen LogP) is 3.49. The molecule has 114 valence electrons. The van der Waals surface area contributed by atoms with E-state index in [4.69, 9.17) is 9.47 Å². The third-order valence-corrected chi connectivity index (χ3v) is 4.04. The molecule has 2 aromatic carbocycles. The molecule has 0 unspecified atom stereocenters. The van der Waals surface area contributed by atoms with Crippen LogP contribution in [0.3, 0.4) is 0 Å². The van der Waals surface area contributed by atoms with Crippen LogP contribution in [0.1, 0.15) is 29.0 Å². The summed E-state index contributed by atoms with van der Waals surface area (Å²) in [5, 5.41) is 2.93. The van der Waals surface area contributed by atoms with Gasteiger partial charge in [0.05, 0.1) is 14.2 Å². The summed E-state index contributed by atoms with van der Waals surface area (Å²) in [6.07, 6.45) is 0.436. The van der Waals surface area contributed by atoms with E-state index in [0.717, 1.165) is 16.8 Å². The summed E-state index contributed by atoms with van der Waals surface area (Å²) in [5.41, 5.74) is 4.18. The van der Waals surface area contributed by atoms with E-state index in [1.807, 2.05) is 18.2 Å². The van der Waals surface area contributed by atoms with E-state index in [-0.39, 0.29) is 11.8 Å². The van der Waals surface area contributed by atoms with E-state index in [0.29, 0.717) is 17.9 Å². The van der Waals surface area contributed by atoms with Crippen molar-refractivity contribution in [1.82, 2.24) is 0 Å². The smallest absolute Gasteiger partial charge is 0.225 e. The number of anilines is 1. The maximum atomic E-state index is 12.1. The highest BCUT2D eigenvalue weighted by molar-refractivity contribution is 5.96. The molecule has 1 aliphatic heterocycles. The molecule has 1 amide bonds. The largest absolute Gasteiger partial charge is 0.493 e. The second-order valence-corrected chi connectivity index (χ2v) is 5.51. The summed E-state index contributed by atoms with van der Waals surface area (Å²) < 4.78 is 10.7. The Bertz CT molecular complexity index is 724. The second-order valence-electron chi connectivity index (χ2n) is 5.51. The number of hydrogen-bond donors (Lipinski definition) is 1. The minimum absolute atomic E-state index is 0.0197. The zero-order chi connectivity index (χ0) is 15.7. The van der Waals surface area contributed by atoms with Crippen LogP contribution in [-0.2, 0) is 4.79 Å². The van der Waals surface area contributed by atoms with E-state index in [2.05, 4.69) is 30.4 Å². The third-order valence-electron chi connectivity index (χ3n) is 4.04. The lowest BCUT2D eigenvalue weighted by atomic mass is 9.84. The normalized spacial score (nSPS) is 16.7. The monoisotopic (exact) mass is 297 g/mol. The molecule has 0 spiro atoms. The average molecular weight is 297 g/mol. The number of fused-ring (bicyclic) bond motifs is 1. The SMILES string of the molecule is COc1cc2c(cc1OC)[C@@H](c1cccc(C)c1)CC(=O)N2. The number of hydrogen-bond acceptors (Lipinski definition) is 3. The molecule has 4 nitrogen and oxygen atoms in total. The first kappa shape index (κ1) is 14.4. The van der Waals surface area contributed by atoms with Crippen LogP contribution in [0, 0.1) is 6.92 Å². The molecule has 3 rings (SSSR count). The summed E-state index contributed by atoms with van der Waals surface area (Å²) >= 11 is 0. The fourth-order valence-electron chi connectivity index (χ4n) is 2.97. The molecule has 22 heavy (non-hydrogen) atoms. The van der Waals surface area contributed by atoms with Gasteiger partial charge in [0.2, 0.25) is 5.91 Å². The lowest BCUT2D eigenvalue weighted by Gasteiger charge is -2.27. The Labute approximate surface area is 130 Å². The molecule has 0 aliphatic carbocycles. The van der Waals surface area contributed by atoms with Gasteiger partial charge in [0.15, 0.2) is 11.5 Å². The van der Waals surface area contributed by atoms with Crippen molar-refractivity contribution in [3.8, 4) is 11.5 Å². The molecule has 1 atom stereocenters. The Kier molecular flexibility index (Phi) is 3.75. The highest BCUT2D eigenvalue weighted by atomic mass is 16.5. The van der Waals surface area contributed by atoms with Gasteiger partial charge in [0.1, 0.15) is 0 Å². The van der Waals surface area contributed by atoms with Gasteiger partial charge in [-0.25, -0.2) is 0 Å². The Hall–Kier alpha value is -2.49. The molecular formula is C18H19NO3. The van der Waals surface area contributed by atoms with E-state index < -0.39 is 0 Å². The van der Waals surface area contributed by atoms with Gasteiger partial charge in [-0.2, -0.15) is 0 Å². The van der Waals surface area contributed by atoms with Crippen molar-refractivity contribution in [1.29, 1.82) is 0 Å². The van der Waals surface area contributed by atoms with Gasteiger partial charge in [0.25, 0.3) is 0 Å². The van der Waals surface area contributed by atoms with Crippen molar-refractivity contribution in [3.05, 3.63) is 53.1 Å². The van der Waals surface area contributed by atoms with Gasteiger partial charge in [-0.15, -0.1) is 0 Å². The fourth-order valence-corrected chi connectivity index (χ4v) is 2.97. The third kappa shape index (κ3) is 2.52. The van der Waals surface area contributed by atoms with Gasteiger partial charge in [-0.05, 0) is 24.1 Å². The molecule has 0 aromatic heterocycles. The van der Waals surface area contributed by atoms with Crippen molar-refractivity contribution in [3.63, 3.8) is 0 Å². The predicted molar refractivity (Wildman–Crippen MR) is 85.8 cm³/mol. The van der Waals surface area contributed by atoms with Gasteiger partial charge in [-0.1, -0.05) is 29.8 Å². The summed E-state index contributed by atoms with van der Waals surface area (Å²) in [6, 6.07) is 12.1. The van der Waals surface area contributed by atoms with E-state index in [1.54, 1.807) is 14.2 Å².